The predicted octanol–water partition coefficient (Wildman–Crippen LogP) is 8.01. The number of aliphatic carboxylic acids is 2. The minimum atomic E-state index is -0.798. The number of benzene rings is 2. The Morgan fingerprint density at radius 2 is 0.702 bits per heavy atom. The molecule has 0 atom stereocenters. The van der Waals surface area contributed by atoms with Crippen molar-refractivity contribution in [3.8, 4) is 11.5 Å². The molecule has 2 rings (SSSR count). The highest BCUT2D eigenvalue weighted by Crippen LogP contribution is 2.41. The number of aryl methyl sites for hydroxylation is 2. The molecule has 0 spiro atoms. The van der Waals surface area contributed by atoms with Crippen LogP contribution >= 0.6 is 0 Å². The maximum Gasteiger partial charge on any atom is 0.303 e. The topological polar surface area (TPSA) is 156 Å². The molecule has 0 bridgehead atoms. The van der Waals surface area contributed by atoms with Gasteiger partial charge >= 0.3 is 11.9 Å². The largest absolute Gasteiger partial charge is 0.507 e. The quantitative estimate of drug-likeness (QED) is 0.166. The molecule has 0 radical (unpaired) electrons. The van der Waals surface area contributed by atoms with E-state index in [1.165, 1.54) is 0 Å². The second kappa shape index (κ2) is 16.8. The third-order valence-corrected chi connectivity index (χ3v) is 7.68. The van der Waals surface area contributed by atoms with Gasteiger partial charge in [0.15, 0.2) is 0 Å². The fraction of sp³-hybridized carbons (Fsp3) is 0.641. The van der Waals surface area contributed by atoms with Gasteiger partial charge in [-0.1, -0.05) is 121 Å². The summed E-state index contributed by atoms with van der Waals surface area (Å²) in [6, 6.07) is 7.75. The predicted molar refractivity (Wildman–Crippen MR) is 191 cm³/mol. The Hall–Kier alpha value is -3.10. The van der Waals surface area contributed by atoms with E-state index < -0.39 is 11.9 Å². The standard InChI is InChI=1S/2C17H26O3.C5H12O2/c2*1-16(2,3)12-9-11(7-8-14(18)19)10-13(15(12)20)17(4,5)6;1-5(2,3-6)4-7/h2*9-10,20H,7-8H2,1-6H3,(H,18,19);6-7H,3-4H2,1-2H3. The number of phenols is 2. The minimum Gasteiger partial charge on any atom is -0.507 e. The van der Waals surface area contributed by atoms with Crippen LogP contribution in [0, 0.1) is 5.41 Å². The SMILES string of the molecule is CC(C)(C)c1cc(CCC(=O)O)cc(C(C)(C)C)c1O.CC(C)(C)c1cc(CCC(=O)O)cc(C(C)(C)C)c1O.CC(C)(CO)CO. The van der Waals surface area contributed by atoms with Crippen LogP contribution < -0.4 is 0 Å². The van der Waals surface area contributed by atoms with Gasteiger partial charge in [0.25, 0.3) is 0 Å². The third kappa shape index (κ3) is 15.1. The first-order chi connectivity index (χ1) is 21.0. The van der Waals surface area contributed by atoms with Crippen LogP contribution in [0.5, 0.6) is 11.5 Å². The van der Waals surface area contributed by atoms with E-state index in [2.05, 4.69) is 83.1 Å². The zero-order valence-corrected chi connectivity index (χ0v) is 31.6. The van der Waals surface area contributed by atoms with Crippen molar-refractivity contribution in [3.05, 3.63) is 57.6 Å². The highest BCUT2D eigenvalue weighted by Gasteiger charge is 2.28. The first-order valence-electron chi connectivity index (χ1n) is 16.4. The zero-order chi connectivity index (χ0) is 37.3. The molecule has 0 fully saturated rings. The van der Waals surface area contributed by atoms with Gasteiger partial charge in [-0.15, -0.1) is 0 Å². The summed E-state index contributed by atoms with van der Waals surface area (Å²) in [5, 5.41) is 55.6. The van der Waals surface area contributed by atoms with E-state index in [1.54, 1.807) is 13.8 Å². The van der Waals surface area contributed by atoms with Crippen LogP contribution in [0.4, 0.5) is 0 Å². The third-order valence-electron chi connectivity index (χ3n) is 7.68. The lowest BCUT2D eigenvalue weighted by atomic mass is 9.78. The van der Waals surface area contributed by atoms with E-state index in [1.807, 2.05) is 24.3 Å². The average molecular weight is 661 g/mol. The summed E-state index contributed by atoms with van der Waals surface area (Å²) < 4.78 is 0. The molecule has 0 aliphatic heterocycles. The van der Waals surface area contributed by atoms with E-state index in [0.717, 1.165) is 33.4 Å². The van der Waals surface area contributed by atoms with Crippen molar-refractivity contribution in [3.63, 3.8) is 0 Å². The van der Waals surface area contributed by atoms with Gasteiger partial charge in [-0.25, -0.2) is 0 Å². The fourth-order valence-corrected chi connectivity index (χ4v) is 4.52. The first-order valence-corrected chi connectivity index (χ1v) is 16.4. The maximum atomic E-state index is 10.8. The van der Waals surface area contributed by atoms with Gasteiger partial charge in [0.05, 0.1) is 13.2 Å². The maximum absolute atomic E-state index is 10.8. The Bertz CT molecular complexity index is 1160. The van der Waals surface area contributed by atoms with Gasteiger partial charge in [0.1, 0.15) is 11.5 Å². The molecule has 0 unspecified atom stereocenters. The van der Waals surface area contributed by atoms with Gasteiger partial charge in [-0.05, 0) is 67.9 Å². The molecule has 0 amide bonds. The molecular formula is C39H64O8. The summed E-state index contributed by atoms with van der Waals surface area (Å²) in [6.07, 6.45) is 1.19. The van der Waals surface area contributed by atoms with Crippen LogP contribution in [0.2, 0.25) is 0 Å². The van der Waals surface area contributed by atoms with Crippen LogP contribution in [0.3, 0.4) is 0 Å². The molecule has 2 aromatic rings. The first kappa shape index (κ1) is 43.9. The second-order valence-corrected chi connectivity index (χ2v) is 17.3. The van der Waals surface area contributed by atoms with Crippen molar-refractivity contribution >= 4 is 11.9 Å². The second-order valence-electron chi connectivity index (χ2n) is 17.3. The van der Waals surface area contributed by atoms with Crippen molar-refractivity contribution in [2.45, 2.75) is 144 Å². The number of hydrogen-bond donors (Lipinski definition) is 6. The lowest BCUT2D eigenvalue weighted by Gasteiger charge is -2.28. The number of rotatable bonds is 8. The zero-order valence-electron chi connectivity index (χ0n) is 31.6. The van der Waals surface area contributed by atoms with E-state index in [-0.39, 0.29) is 53.1 Å². The van der Waals surface area contributed by atoms with Crippen molar-refractivity contribution < 1.29 is 40.2 Å². The van der Waals surface area contributed by atoms with E-state index in [9.17, 15) is 19.8 Å². The number of aliphatic hydroxyl groups is 2. The van der Waals surface area contributed by atoms with Crippen molar-refractivity contribution in [2.24, 2.45) is 5.41 Å². The van der Waals surface area contributed by atoms with Crippen LogP contribution in [-0.2, 0) is 44.1 Å². The van der Waals surface area contributed by atoms with Gasteiger partial charge in [0, 0.05) is 18.3 Å². The summed E-state index contributed by atoms with van der Waals surface area (Å²) in [5.74, 6) is -0.923. The molecule has 2 aromatic carbocycles. The Labute approximate surface area is 283 Å². The molecule has 0 saturated heterocycles. The molecule has 0 heterocycles. The lowest BCUT2D eigenvalue weighted by Crippen LogP contribution is -2.20. The van der Waals surface area contributed by atoms with Crippen molar-refractivity contribution in [2.75, 3.05) is 13.2 Å². The summed E-state index contributed by atoms with van der Waals surface area (Å²) in [5.41, 5.74) is 4.45. The van der Waals surface area contributed by atoms with Crippen LogP contribution in [0.15, 0.2) is 24.3 Å². The summed E-state index contributed by atoms with van der Waals surface area (Å²) in [6.45, 7) is 28.3. The van der Waals surface area contributed by atoms with Gasteiger partial charge in [-0.2, -0.15) is 0 Å². The Morgan fingerprint density at radius 3 is 0.830 bits per heavy atom. The highest BCUT2D eigenvalue weighted by molar-refractivity contribution is 5.67. The normalized spacial score (nSPS) is 12.4. The van der Waals surface area contributed by atoms with Crippen LogP contribution in [-0.4, -0.2) is 55.8 Å². The smallest absolute Gasteiger partial charge is 0.303 e. The van der Waals surface area contributed by atoms with E-state index >= 15 is 0 Å². The van der Waals surface area contributed by atoms with E-state index in [4.69, 9.17) is 20.4 Å². The fourth-order valence-electron chi connectivity index (χ4n) is 4.52. The van der Waals surface area contributed by atoms with Gasteiger partial charge < -0.3 is 30.6 Å². The van der Waals surface area contributed by atoms with Crippen molar-refractivity contribution in [1.29, 1.82) is 0 Å². The number of carboxylic acid groups (broad SMARTS) is 2. The minimum absolute atomic E-state index is 0.0451. The lowest BCUT2D eigenvalue weighted by molar-refractivity contribution is -0.138. The number of aliphatic hydroxyl groups excluding tert-OH is 2. The molecule has 0 aliphatic carbocycles. The molecule has 8 heteroatoms. The molecule has 8 nitrogen and oxygen atoms in total. The number of carbonyl (C=O) groups is 2. The summed E-state index contributed by atoms with van der Waals surface area (Å²) in [7, 11) is 0. The van der Waals surface area contributed by atoms with Gasteiger partial charge in [-0.3, -0.25) is 9.59 Å². The number of phenolic OH excluding ortho intramolecular Hbond substituents is 2. The van der Waals surface area contributed by atoms with Crippen LogP contribution in [0.1, 0.15) is 143 Å². The van der Waals surface area contributed by atoms with Crippen LogP contribution in [0.25, 0.3) is 0 Å². The average Bonchev–Trinajstić information content (AvgIpc) is 2.89. The Kier molecular flexibility index (Phi) is 15.7. The summed E-state index contributed by atoms with van der Waals surface area (Å²) >= 11 is 0. The van der Waals surface area contributed by atoms with E-state index in [0.29, 0.717) is 24.3 Å². The van der Waals surface area contributed by atoms with Gasteiger partial charge in [0.2, 0.25) is 0 Å². The molecule has 0 aromatic heterocycles. The highest BCUT2D eigenvalue weighted by atomic mass is 16.4. The number of hydrogen-bond acceptors (Lipinski definition) is 6. The Balaban J connectivity index is 0.000000750. The molecule has 0 aliphatic rings. The Morgan fingerprint density at radius 1 is 0.489 bits per heavy atom. The molecular weight excluding hydrogens is 596 g/mol. The van der Waals surface area contributed by atoms with Crippen molar-refractivity contribution in [1.82, 2.24) is 0 Å². The molecule has 6 N–H and O–H groups in total. The summed E-state index contributed by atoms with van der Waals surface area (Å²) in [4.78, 5) is 21.5. The number of aromatic hydroxyl groups is 2. The molecule has 268 valence electrons. The molecule has 0 saturated carbocycles. The molecule has 47 heavy (non-hydrogen) atoms. The number of carboxylic acids is 2. The monoisotopic (exact) mass is 660 g/mol.